The minimum Gasteiger partial charge on any atom is -0.387 e. The lowest BCUT2D eigenvalue weighted by atomic mass is 10.0. The van der Waals surface area contributed by atoms with Gasteiger partial charge in [-0.2, -0.15) is 0 Å². The molecule has 1 unspecified atom stereocenters. The van der Waals surface area contributed by atoms with Crippen LogP contribution in [0.1, 0.15) is 48.5 Å². The van der Waals surface area contributed by atoms with Gasteiger partial charge in [0.15, 0.2) is 0 Å². The van der Waals surface area contributed by atoms with Crippen LogP contribution in [0.15, 0.2) is 18.2 Å². The molecular weight excluding hydrogens is 234 g/mol. The largest absolute Gasteiger partial charge is 0.387 e. The van der Waals surface area contributed by atoms with Crippen molar-refractivity contribution in [3.05, 3.63) is 34.9 Å². The van der Waals surface area contributed by atoms with Gasteiger partial charge in [-0.1, -0.05) is 31.0 Å². The zero-order valence-electron chi connectivity index (χ0n) is 12.5. The molecule has 0 heterocycles. The summed E-state index contributed by atoms with van der Waals surface area (Å²) < 4.78 is 0. The van der Waals surface area contributed by atoms with E-state index in [1.807, 2.05) is 0 Å². The molecule has 1 N–H and O–H groups in total. The summed E-state index contributed by atoms with van der Waals surface area (Å²) in [5, 5.41) is 10.3. The molecule has 106 valence electrons. The Hall–Kier alpha value is -0.860. The molecule has 19 heavy (non-hydrogen) atoms. The molecular formula is C17H27NO. The van der Waals surface area contributed by atoms with Crippen molar-refractivity contribution in [2.75, 3.05) is 20.1 Å². The molecule has 0 bridgehead atoms. The average Bonchev–Trinajstić information content (AvgIpc) is 2.85. The van der Waals surface area contributed by atoms with Crippen LogP contribution in [0.4, 0.5) is 0 Å². The Morgan fingerprint density at radius 1 is 1.21 bits per heavy atom. The van der Waals surface area contributed by atoms with Crippen LogP contribution in [0.3, 0.4) is 0 Å². The summed E-state index contributed by atoms with van der Waals surface area (Å²) in [5.41, 5.74) is 3.59. The highest BCUT2D eigenvalue weighted by Gasteiger charge is 2.18. The van der Waals surface area contributed by atoms with Gasteiger partial charge in [0.2, 0.25) is 0 Å². The van der Waals surface area contributed by atoms with Crippen LogP contribution < -0.4 is 0 Å². The third-order valence-corrected chi connectivity index (χ3v) is 4.44. The molecule has 0 amide bonds. The minimum atomic E-state index is -0.370. The summed E-state index contributed by atoms with van der Waals surface area (Å²) >= 11 is 0. The SMILES string of the molecule is Cc1ccc(C(O)CN(C)CC2CCCC2)cc1C. The lowest BCUT2D eigenvalue weighted by Gasteiger charge is -2.24. The topological polar surface area (TPSA) is 23.5 Å². The van der Waals surface area contributed by atoms with E-state index in [9.17, 15) is 5.11 Å². The summed E-state index contributed by atoms with van der Waals surface area (Å²) in [5.74, 6) is 0.844. The van der Waals surface area contributed by atoms with Crippen molar-refractivity contribution in [3.63, 3.8) is 0 Å². The zero-order chi connectivity index (χ0) is 13.8. The van der Waals surface area contributed by atoms with E-state index in [2.05, 4.69) is 44.0 Å². The Morgan fingerprint density at radius 3 is 2.53 bits per heavy atom. The standard InChI is InChI=1S/C17H27NO/c1-13-8-9-16(10-14(13)2)17(19)12-18(3)11-15-6-4-5-7-15/h8-10,15,17,19H,4-7,11-12H2,1-3H3. The Labute approximate surface area is 117 Å². The molecule has 1 aromatic rings. The van der Waals surface area contributed by atoms with Crippen LogP contribution in [0.2, 0.25) is 0 Å². The summed E-state index contributed by atoms with van der Waals surface area (Å²) in [6.45, 7) is 6.08. The van der Waals surface area contributed by atoms with Crippen molar-refractivity contribution in [1.29, 1.82) is 0 Å². The highest BCUT2D eigenvalue weighted by atomic mass is 16.3. The van der Waals surface area contributed by atoms with E-state index in [0.717, 1.165) is 24.6 Å². The fourth-order valence-electron chi connectivity index (χ4n) is 3.08. The summed E-state index contributed by atoms with van der Waals surface area (Å²) in [6.07, 6.45) is 5.13. The van der Waals surface area contributed by atoms with Crippen LogP contribution in [-0.4, -0.2) is 30.1 Å². The molecule has 1 aliphatic carbocycles. The summed E-state index contributed by atoms with van der Waals surface area (Å²) in [6, 6.07) is 6.27. The molecule has 2 heteroatoms. The Balaban J connectivity index is 1.88. The number of nitrogens with zero attached hydrogens (tertiary/aromatic N) is 1. The quantitative estimate of drug-likeness (QED) is 0.877. The Kier molecular flexibility index (Phi) is 5.00. The van der Waals surface area contributed by atoms with Crippen molar-refractivity contribution in [2.24, 2.45) is 5.92 Å². The van der Waals surface area contributed by atoms with E-state index in [0.29, 0.717) is 0 Å². The van der Waals surface area contributed by atoms with E-state index in [1.165, 1.54) is 36.8 Å². The van der Waals surface area contributed by atoms with Crippen molar-refractivity contribution in [1.82, 2.24) is 4.90 Å². The predicted molar refractivity (Wildman–Crippen MR) is 80.3 cm³/mol. The maximum atomic E-state index is 10.3. The number of hydrogen-bond acceptors (Lipinski definition) is 2. The highest BCUT2D eigenvalue weighted by molar-refractivity contribution is 5.31. The smallest absolute Gasteiger partial charge is 0.0916 e. The zero-order valence-corrected chi connectivity index (χ0v) is 12.5. The number of aliphatic hydroxyl groups is 1. The number of likely N-dealkylation sites (N-methyl/N-ethyl adjacent to an activating group) is 1. The van der Waals surface area contributed by atoms with Gasteiger partial charge in [0.25, 0.3) is 0 Å². The highest BCUT2D eigenvalue weighted by Crippen LogP contribution is 2.26. The van der Waals surface area contributed by atoms with E-state index >= 15 is 0 Å². The maximum absolute atomic E-state index is 10.3. The molecule has 0 saturated heterocycles. The fourth-order valence-corrected chi connectivity index (χ4v) is 3.08. The van der Waals surface area contributed by atoms with Gasteiger partial charge in [0, 0.05) is 13.1 Å². The predicted octanol–water partition coefficient (Wildman–Crippen LogP) is 3.46. The lowest BCUT2D eigenvalue weighted by Crippen LogP contribution is -2.29. The first-order valence-corrected chi connectivity index (χ1v) is 7.50. The molecule has 0 aliphatic heterocycles. The van der Waals surface area contributed by atoms with Gasteiger partial charge in [-0.05, 0) is 56.3 Å². The van der Waals surface area contributed by atoms with Gasteiger partial charge in [0.05, 0.1) is 6.10 Å². The monoisotopic (exact) mass is 261 g/mol. The number of hydrogen-bond donors (Lipinski definition) is 1. The third-order valence-electron chi connectivity index (χ3n) is 4.44. The first-order chi connectivity index (χ1) is 9.06. The number of aliphatic hydroxyl groups excluding tert-OH is 1. The molecule has 1 aliphatic rings. The van der Waals surface area contributed by atoms with E-state index in [1.54, 1.807) is 0 Å². The van der Waals surface area contributed by atoms with Crippen molar-refractivity contribution in [3.8, 4) is 0 Å². The molecule has 2 nitrogen and oxygen atoms in total. The van der Waals surface area contributed by atoms with Gasteiger partial charge in [-0.15, -0.1) is 0 Å². The third kappa shape index (κ3) is 4.05. The Morgan fingerprint density at radius 2 is 1.89 bits per heavy atom. The summed E-state index contributed by atoms with van der Waals surface area (Å²) in [4.78, 5) is 2.29. The van der Waals surface area contributed by atoms with Crippen molar-refractivity contribution in [2.45, 2.75) is 45.6 Å². The molecule has 1 atom stereocenters. The van der Waals surface area contributed by atoms with Gasteiger partial charge < -0.3 is 10.0 Å². The summed E-state index contributed by atoms with van der Waals surface area (Å²) in [7, 11) is 2.13. The normalized spacial score (nSPS) is 18.2. The molecule has 0 aromatic heterocycles. The van der Waals surface area contributed by atoms with Crippen LogP contribution in [-0.2, 0) is 0 Å². The molecule has 1 aromatic carbocycles. The molecule has 0 spiro atoms. The van der Waals surface area contributed by atoms with Crippen molar-refractivity contribution < 1.29 is 5.11 Å². The average molecular weight is 261 g/mol. The first kappa shape index (κ1) is 14.5. The van der Waals surface area contributed by atoms with Crippen LogP contribution in [0.5, 0.6) is 0 Å². The lowest BCUT2D eigenvalue weighted by molar-refractivity contribution is 0.118. The van der Waals surface area contributed by atoms with Crippen LogP contribution in [0.25, 0.3) is 0 Å². The second-order valence-corrected chi connectivity index (χ2v) is 6.23. The number of benzene rings is 1. The van der Waals surface area contributed by atoms with Gasteiger partial charge in [0.1, 0.15) is 0 Å². The fraction of sp³-hybridized carbons (Fsp3) is 0.647. The number of rotatable bonds is 5. The van der Waals surface area contributed by atoms with Crippen LogP contribution >= 0.6 is 0 Å². The minimum absolute atomic E-state index is 0.370. The maximum Gasteiger partial charge on any atom is 0.0916 e. The molecule has 0 radical (unpaired) electrons. The first-order valence-electron chi connectivity index (χ1n) is 7.50. The molecule has 1 saturated carbocycles. The van der Waals surface area contributed by atoms with Gasteiger partial charge in [-0.25, -0.2) is 0 Å². The van der Waals surface area contributed by atoms with E-state index in [4.69, 9.17) is 0 Å². The second kappa shape index (κ2) is 6.53. The number of aryl methyl sites for hydroxylation is 2. The Bertz CT molecular complexity index is 410. The van der Waals surface area contributed by atoms with Crippen LogP contribution in [0, 0.1) is 19.8 Å². The van der Waals surface area contributed by atoms with Gasteiger partial charge in [-0.3, -0.25) is 0 Å². The van der Waals surface area contributed by atoms with E-state index in [-0.39, 0.29) is 6.10 Å². The van der Waals surface area contributed by atoms with Gasteiger partial charge >= 0.3 is 0 Å². The molecule has 1 fully saturated rings. The van der Waals surface area contributed by atoms with Crippen molar-refractivity contribution >= 4 is 0 Å². The van der Waals surface area contributed by atoms with E-state index < -0.39 is 0 Å². The second-order valence-electron chi connectivity index (χ2n) is 6.23. The molecule has 2 rings (SSSR count).